The van der Waals surface area contributed by atoms with Crippen LogP contribution in [0.5, 0.6) is 0 Å². The van der Waals surface area contributed by atoms with Crippen LogP contribution in [-0.2, 0) is 0 Å². The topological polar surface area (TPSA) is 12.0 Å². The third kappa shape index (κ3) is 2.30. The molecule has 0 amide bonds. The number of hydrogen-bond acceptors (Lipinski definition) is 1. The zero-order valence-electron chi connectivity index (χ0n) is 8.52. The highest BCUT2D eigenvalue weighted by Gasteiger charge is 2.16. The lowest BCUT2D eigenvalue weighted by Gasteiger charge is -2.26. The Labute approximate surface area is 94.0 Å². The minimum atomic E-state index is 0.905. The van der Waals surface area contributed by atoms with Gasteiger partial charge in [0.25, 0.3) is 0 Å². The van der Waals surface area contributed by atoms with E-state index in [0.717, 1.165) is 12.5 Å². The van der Waals surface area contributed by atoms with E-state index < -0.39 is 0 Å². The van der Waals surface area contributed by atoms with E-state index >= 15 is 0 Å². The van der Waals surface area contributed by atoms with Gasteiger partial charge in [0, 0.05) is 16.7 Å². The summed E-state index contributed by atoms with van der Waals surface area (Å²) in [6.07, 6.45) is 4.22. The molecule has 0 heterocycles. The Kier molecular flexibility index (Phi) is 3.12. The molecule has 0 radical (unpaired) electrons. The molecule has 0 atom stereocenters. The second-order valence-corrected chi connectivity index (χ2v) is 5.02. The number of rotatable bonds is 3. The molecule has 76 valence electrons. The summed E-state index contributed by atoms with van der Waals surface area (Å²) in [5, 5.41) is 3.51. The quantitative estimate of drug-likeness (QED) is 0.860. The van der Waals surface area contributed by atoms with Crippen LogP contribution in [0.3, 0.4) is 0 Å². The van der Waals surface area contributed by atoms with Crippen LogP contribution in [0.2, 0.25) is 0 Å². The first-order valence-corrected chi connectivity index (χ1v) is 6.05. The van der Waals surface area contributed by atoms with E-state index in [1.165, 1.54) is 35.0 Å². The molecule has 1 saturated carbocycles. The molecule has 1 aliphatic rings. The standard InChI is InChI=1S/C12H16BrN/c1-9-5-6-11(13)12(7-9)14-8-10-3-2-4-10/h5-7,10,14H,2-4,8H2,1H3. The summed E-state index contributed by atoms with van der Waals surface area (Å²) in [5.41, 5.74) is 2.54. The van der Waals surface area contributed by atoms with Crippen LogP contribution in [0.1, 0.15) is 24.8 Å². The Morgan fingerprint density at radius 3 is 2.86 bits per heavy atom. The van der Waals surface area contributed by atoms with Crippen LogP contribution in [0.4, 0.5) is 5.69 Å². The molecule has 0 aliphatic heterocycles. The summed E-state index contributed by atoms with van der Waals surface area (Å²) in [6, 6.07) is 6.43. The number of anilines is 1. The molecule has 1 fully saturated rings. The van der Waals surface area contributed by atoms with Crippen molar-refractivity contribution in [2.45, 2.75) is 26.2 Å². The van der Waals surface area contributed by atoms with Crippen LogP contribution in [0.25, 0.3) is 0 Å². The molecule has 1 aromatic rings. The van der Waals surface area contributed by atoms with Crippen LogP contribution in [0, 0.1) is 12.8 Å². The van der Waals surface area contributed by atoms with Gasteiger partial charge in [0.15, 0.2) is 0 Å². The van der Waals surface area contributed by atoms with E-state index in [0.29, 0.717) is 0 Å². The number of aryl methyl sites for hydroxylation is 1. The molecule has 0 aromatic heterocycles. The molecule has 2 rings (SSSR count). The van der Waals surface area contributed by atoms with E-state index in [2.05, 4.69) is 46.4 Å². The Morgan fingerprint density at radius 1 is 1.43 bits per heavy atom. The van der Waals surface area contributed by atoms with Gasteiger partial charge in [0.05, 0.1) is 0 Å². The van der Waals surface area contributed by atoms with E-state index in [1.54, 1.807) is 0 Å². The van der Waals surface area contributed by atoms with Crippen LogP contribution in [0.15, 0.2) is 22.7 Å². The van der Waals surface area contributed by atoms with Gasteiger partial charge >= 0.3 is 0 Å². The van der Waals surface area contributed by atoms with Crippen LogP contribution in [-0.4, -0.2) is 6.54 Å². The van der Waals surface area contributed by atoms with Crippen molar-refractivity contribution < 1.29 is 0 Å². The molecule has 1 aromatic carbocycles. The summed E-state index contributed by atoms with van der Waals surface area (Å²) >= 11 is 3.56. The number of hydrogen-bond donors (Lipinski definition) is 1. The molecule has 14 heavy (non-hydrogen) atoms. The number of benzene rings is 1. The van der Waals surface area contributed by atoms with Crippen molar-refractivity contribution in [1.29, 1.82) is 0 Å². The third-order valence-electron chi connectivity index (χ3n) is 2.93. The van der Waals surface area contributed by atoms with Crippen molar-refractivity contribution in [2.75, 3.05) is 11.9 Å². The molecule has 2 heteroatoms. The van der Waals surface area contributed by atoms with Crippen LogP contribution >= 0.6 is 15.9 Å². The molecule has 0 saturated heterocycles. The first-order valence-electron chi connectivity index (χ1n) is 5.26. The van der Waals surface area contributed by atoms with E-state index in [-0.39, 0.29) is 0 Å². The minimum Gasteiger partial charge on any atom is -0.384 e. The first kappa shape index (κ1) is 10.0. The normalized spacial score (nSPS) is 16.4. The predicted octanol–water partition coefficient (Wildman–Crippen LogP) is 3.97. The van der Waals surface area contributed by atoms with Crippen molar-refractivity contribution in [3.63, 3.8) is 0 Å². The van der Waals surface area contributed by atoms with Gasteiger partial charge in [0.1, 0.15) is 0 Å². The Bertz CT molecular complexity index is 318. The maximum Gasteiger partial charge on any atom is 0.0487 e. The van der Waals surface area contributed by atoms with E-state index in [1.807, 2.05) is 0 Å². The fourth-order valence-electron chi connectivity index (χ4n) is 1.73. The SMILES string of the molecule is Cc1ccc(Br)c(NCC2CCC2)c1. The second kappa shape index (κ2) is 4.35. The first-order chi connectivity index (χ1) is 6.75. The average molecular weight is 254 g/mol. The van der Waals surface area contributed by atoms with Gasteiger partial charge in [-0.1, -0.05) is 12.5 Å². The highest BCUT2D eigenvalue weighted by Crippen LogP contribution is 2.28. The molecule has 1 nitrogen and oxygen atoms in total. The fraction of sp³-hybridized carbons (Fsp3) is 0.500. The fourth-order valence-corrected chi connectivity index (χ4v) is 2.11. The lowest BCUT2D eigenvalue weighted by atomic mass is 9.85. The van der Waals surface area contributed by atoms with Gasteiger partial charge in [-0.15, -0.1) is 0 Å². The van der Waals surface area contributed by atoms with E-state index in [4.69, 9.17) is 0 Å². The van der Waals surface area contributed by atoms with Crippen molar-refractivity contribution in [2.24, 2.45) is 5.92 Å². The summed E-state index contributed by atoms with van der Waals surface area (Å²) in [7, 11) is 0. The molecular weight excluding hydrogens is 238 g/mol. The molecule has 0 spiro atoms. The smallest absolute Gasteiger partial charge is 0.0487 e. The highest BCUT2D eigenvalue weighted by atomic mass is 79.9. The maximum absolute atomic E-state index is 3.56. The predicted molar refractivity (Wildman–Crippen MR) is 64.7 cm³/mol. The monoisotopic (exact) mass is 253 g/mol. The van der Waals surface area contributed by atoms with Gasteiger partial charge in [-0.25, -0.2) is 0 Å². The van der Waals surface area contributed by atoms with Crippen molar-refractivity contribution >= 4 is 21.6 Å². The Morgan fingerprint density at radius 2 is 2.21 bits per heavy atom. The van der Waals surface area contributed by atoms with Crippen molar-refractivity contribution in [3.05, 3.63) is 28.2 Å². The van der Waals surface area contributed by atoms with Gasteiger partial charge in [0.2, 0.25) is 0 Å². The summed E-state index contributed by atoms with van der Waals surface area (Å²) in [5.74, 6) is 0.905. The summed E-state index contributed by atoms with van der Waals surface area (Å²) in [4.78, 5) is 0. The molecule has 0 unspecified atom stereocenters. The summed E-state index contributed by atoms with van der Waals surface area (Å²) in [6.45, 7) is 3.25. The summed E-state index contributed by atoms with van der Waals surface area (Å²) < 4.78 is 1.17. The van der Waals surface area contributed by atoms with Crippen LogP contribution < -0.4 is 5.32 Å². The van der Waals surface area contributed by atoms with Gasteiger partial charge < -0.3 is 5.32 Å². The lowest BCUT2D eigenvalue weighted by Crippen LogP contribution is -2.21. The third-order valence-corrected chi connectivity index (χ3v) is 3.62. The van der Waals surface area contributed by atoms with Gasteiger partial charge in [-0.05, 0) is 59.3 Å². The molecule has 1 aliphatic carbocycles. The van der Waals surface area contributed by atoms with Crippen molar-refractivity contribution in [1.82, 2.24) is 0 Å². The van der Waals surface area contributed by atoms with Crippen molar-refractivity contribution in [3.8, 4) is 0 Å². The molecule has 1 N–H and O–H groups in total. The van der Waals surface area contributed by atoms with Gasteiger partial charge in [-0.3, -0.25) is 0 Å². The zero-order valence-corrected chi connectivity index (χ0v) is 10.1. The van der Waals surface area contributed by atoms with E-state index in [9.17, 15) is 0 Å². The lowest BCUT2D eigenvalue weighted by molar-refractivity contribution is 0.333. The highest BCUT2D eigenvalue weighted by molar-refractivity contribution is 9.10. The minimum absolute atomic E-state index is 0.905. The maximum atomic E-state index is 3.56. The Hall–Kier alpha value is -0.500. The number of halogens is 1. The van der Waals surface area contributed by atoms with Gasteiger partial charge in [-0.2, -0.15) is 0 Å². The average Bonchev–Trinajstić information content (AvgIpc) is 2.08. The largest absolute Gasteiger partial charge is 0.384 e. The zero-order chi connectivity index (χ0) is 9.97. The Balaban J connectivity index is 1.96. The molecular formula is C12H16BrN. The number of nitrogens with one attached hydrogen (secondary N) is 1. The second-order valence-electron chi connectivity index (χ2n) is 4.16. The molecule has 0 bridgehead atoms.